The molecule has 0 aliphatic heterocycles. The molecule has 24 heavy (non-hydrogen) atoms. The predicted octanol–water partition coefficient (Wildman–Crippen LogP) is 6.19. The van der Waals surface area contributed by atoms with Crippen LogP contribution >= 0.6 is 0 Å². The molecule has 0 amide bonds. The number of aryl methyl sites for hydroxylation is 2. The number of pyridine rings is 1. The van der Waals surface area contributed by atoms with E-state index in [1.165, 1.54) is 21.9 Å². The van der Waals surface area contributed by atoms with Crippen LogP contribution in [0.1, 0.15) is 11.1 Å². The summed E-state index contributed by atoms with van der Waals surface area (Å²) in [4.78, 5) is 5.00. The normalized spacial score (nSPS) is 10.9. The van der Waals surface area contributed by atoms with Crippen molar-refractivity contribution in [3.8, 4) is 22.5 Å². The van der Waals surface area contributed by atoms with Crippen LogP contribution in [-0.2, 0) is 0 Å². The van der Waals surface area contributed by atoms with Crippen molar-refractivity contribution in [3.05, 3.63) is 90.0 Å². The zero-order valence-electron chi connectivity index (χ0n) is 14.0. The highest BCUT2D eigenvalue weighted by Gasteiger charge is 2.09. The maximum atomic E-state index is 5.00. The Kier molecular flexibility index (Phi) is 3.62. The van der Waals surface area contributed by atoms with Crippen LogP contribution in [0.3, 0.4) is 0 Å². The highest BCUT2D eigenvalue weighted by atomic mass is 14.7. The van der Waals surface area contributed by atoms with Crippen LogP contribution < -0.4 is 0 Å². The molecule has 3 aromatic carbocycles. The molecule has 4 rings (SSSR count). The summed E-state index contributed by atoms with van der Waals surface area (Å²) in [6.07, 6.45) is 0. The SMILES string of the molecule is Cc1ccc(-c2cc3ccccc3c(-c3ccc(C)cc3)n2)cc1. The van der Waals surface area contributed by atoms with Crippen molar-refractivity contribution in [2.45, 2.75) is 13.8 Å². The fourth-order valence-electron chi connectivity index (χ4n) is 3.00. The minimum Gasteiger partial charge on any atom is -0.247 e. The number of aromatic nitrogens is 1. The van der Waals surface area contributed by atoms with E-state index in [1.54, 1.807) is 0 Å². The summed E-state index contributed by atoms with van der Waals surface area (Å²) >= 11 is 0. The molecule has 0 aliphatic rings. The van der Waals surface area contributed by atoms with E-state index >= 15 is 0 Å². The number of hydrogen-bond donors (Lipinski definition) is 0. The minimum atomic E-state index is 1.02. The quantitative estimate of drug-likeness (QED) is 0.430. The number of hydrogen-bond acceptors (Lipinski definition) is 1. The van der Waals surface area contributed by atoms with Crippen molar-refractivity contribution in [2.24, 2.45) is 0 Å². The van der Waals surface area contributed by atoms with Crippen LogP contribution in [-0.4, -0.2) is 4.98 Å². The van der Waals surface area contributed by atoms with E-state index in [2.05, 4.69) is 92.7 Å². The summed E-state index contributed by atoms with van der Waals surface area (Å²) in [6.45, 7) is 4.22. The van der Waals surface area contributed by atoms with Crippen molar-refractivity contribution in [3.63, 3.8) is 0 Å². The highest BCUT2D eigenvalue weighted by molar-refractivity contribution is 5.96. The fourth-order valence-corrected chi connectivity index (χ4v) is 3.00. The summed E-state index contributed by atoms with van der Waals surface area (Å²) in [6, 6.07) is 27.8. The molecule has 0 atom stereocenters. The van der Waals surface area contributed by atoms with Crippen LogP contribution in [0, 0.1) is 13.8 Å². The van der Waals surface area contributed by atoms with Crippen LogP contribution in [0.4, 0.5) is 0 Å². The van der Waals surface area contributed by atoms with Crippen molar-refractivity contribution in [1.82, 2.24) is 4.98 Å². The van der Waals surface area contributed by atoms with Crippen molar-refractivity contribution < 1.29 is 0 Å². The summed E-state index contributed by atoms with van der Waals surface area (Å²) in [7, 11) is 0. The molecule has 4 aromatic rings. The van der Waals surface area contributed by atoms with Gasteiger partial charge in [0, 0.05) is 16.5 Å². The van der Waals surface area contributed by atoms with Crippen LogP contribution in [0.2, 0.25) is 0 Å². The summed E-state index contributed by atoms with van der Waals surface area (Å²) in [5.41, 5.74) is 6.90. The molecule has 116 valence electrons. The Bertz CT molecular complexity index is 996. The van der Waals surface area contributed by atoms with E-state index in [4.69, 9.17) is 4.98 Å². The lowest BCUT2D eigenvalue weighted by Gasteiger charge is -2.10. The first kappa shape index (κ1) is 14.6. The molecule has 1 aromatic heterocycles. The third kappa shape index (κ3) is 2.69. The average Bonchev–Trinajstić information content (AvgIpc) is 2.62. The van der Waals surface area contributed by atoms with Gasteiger partial charge >= 0.3 is 0 Å². The minimum absolute atomic E-state index is 1.02. The first-order valence-electron chi connectivity index (χ1n) is 8.24. The molecule has 1 heteroatoms. The fraction of sp³-hybridized carbons (Fsp3) is 0.0870. The summed E-state index contributed by atoms with van der Waals surface area (Å²) < 4.78 is 0. The molecule has 0 saturated heterocycles. The Morgan fingerprint density at radius 3 is 1.88 bits per heavy atom. The Hall–Kier alpha value is -2.93. The molecule has 0 N–H and O–H groups in total. The topological polar surface area (TPSA) is 12.9 Å². The second-order valence-corrected chi connectivity index (χ2v) is 6.31. The van der Waals surface area contributed by atoms with Crippen molar-refractivity contribution in [1.29, 1.82) is 0 Å². The van der Waals surface area contributed by atoms with Gasteiger partial charge in [0.1, 0.15) is 0 Å². The largest absolute Gasteiger partial charge is 0.247 e. The average molecular weight is 309 g/mol. The molecule has 0 spiro atoms. The van der Waals surface area contributed by atoms with Gasteiger partial charge in [0.25, 0.3) is 0 Å². The molecule has 0 aliphatic carbocycles. The molecule has 0 unspecified atom stereocenters. The van der Waals surface area contributed by atoms with Gasteiger partial charge in [-0.2, -0.15) is 0 Å². The molecular weight excluding hydrogens is 290 g/mol. The second kappa shape index (κ2) is 5.93. The van der Waals surface area contributed by atoms with Gasteiger partial charge in [-0.3, -0.25) is 0 Å². The third-order valence-corrected chi connectivity index (χ3v) is 4.41. The summed E-state index contributed by atoms with van der Waals surface area (Å²) in [5.74, 6) is 0. The standard InChI is InChI=1S/C23H19N/c1-16-7-11-18(12-8-16)22-15-20-5-3-4-6-21(20)23(24-22)19-13-9-17(2)10-14-19/h3-15H,1-2H3. The van der Waals surface area contributed by atoms with Gasteiger partial charge in [-0.15, -0.1) is 0 Å². The van der Waals surface area contributed by atoms with E-state index in [1.807, 2.05) is 0 Å². The maximum Gasteiger partial charge on any atom is 0.0787 e. The van der Waals surface area contributed by atoms with Crippen LogP contribution in [0.25, 0.3) is 33.3 Å². The van der Waals surface area contributed by atoms with Gasteiger partial charge in [0.05, 0.1) is 11.4 Å². The number of fused-ring (bicyclic) bond motifs is 1. The summed E-state index contributed by atoms with van der Waals surface area (Å²) in [5, 5.41) is 2.41. The number of rotatable bonds is 2. The number of nitrogens with zero attached hydrogens (tertiary/aromatic N) is 1. The van der Waals surface area contributed by atoms with Crippen LogP contribution in [0.5, 0.6) is 0 Å². The Labute approximate surface area is 142 Å². The molecule has 0 fully saturated rings. The van der Waals surface area contributed by atoms with E-state index in [-0.39, 0.29) is 0 Å². The Morgan fingerprint density at radius 2 is 1.21 bits per heavy atom. The third-order valence-electron chi connectivity index (χ3n) is 4.41. The van der Waals surface area contributed by atoms with Gasteiger partial charge in [0.15, 0.2) is 0 Å². The first-order chi connectivity index (χ1) is 11.7. The van der Waals surface area contributed by atoms with E-state index < -0.39 is 0 Å². The Balaban J connectivity index is 1.97. The lowest BCUT2D eigenvalue weighted by Crippen LogP contribution is -1.91. The lowest BCUT2D eigenvalue weighted by molar-refractivity contribution is 1.34. The van der Waals surface area contributed by atoms with Gasteiger partial charge < -0.3 is 0 Å². The zero-order chi connectivity index (χ0) is 16.5. The molecular formula is C23H19N. The molecule has 0 radical (unpaired) electrons. The van der Waals surface area contributed by atoms with Gasteiger partial charge in [-0.05, 0) is 25.3 Å². The lowest BCUT2D eigenvalue weighted by atomic mass is 10.00. The van der Waals surface area contributed by atoms with Crippen molar-refractivity contribution >= 4 is 10.8 Å². The van der Waals surface area contributed by atoms with E-state index in [9.17, 15) is 0 Å². The number of benzene rings is 3. The van der Waals surface area contributed by atoms with Gasteiger partial charge in [-0.1, -0.05) is 83.9 Å². The monoisotopic (exact) mass is 309 g/mol. The Morgan fingerprint density at radius 1 is 0.625 bits per heavy atom. The van der Waals surface area contributed by atoms with Gasteiger partial charge in [0.2, 0.25) is 0 Å². The molecule has 1 nitrogen and oxygen atoms in total. The highest BCUT2D eigenvalue weighted by Crippen LogP contribution is 2.31. The van der Waals surface area contributed by atoms with Crippen molar-refractivity contribution in [2.75, 3.05) is 0 Å². The zero-order valence-corrected chi connectivity index (χ0v) is 14.0. The first-order valence-corrected chi connectivity index (χ1v) is 8.24. The van der Waals surface area contributed by atoms with Crippen LogP contribution in [0.15, 0.2) is 78.9 Å². The van der Waals surface area contributed by atoms with E-state index in [0.717, 1.165) is 22.5 Å². The maximum absolute atomic E-state index is 5.00. The van der Waals surface area contributed by atoms with Gasteiger partial charge in [-0.25, -0.2) is 4.98 Å². The van der Waals surface area contributed by atoms with E-state index in [0.29, 0.717) is 0 Å². The predicted molar refractivity (Wildman–Crippen MR) is 102 cm³/mol. The smallest absolute Gasteiger partial charge is 0.0787 e. The second-order valence-electron chi connectivity index (χ2n) is 6.31. The molecule has 0 bridgehead atoms. The molecule has 0 saturated carbocycles. The molecule has 1 heterocycles.